The Morgan fingerprint density at radius 3 is 2.41 bits per heavy atom. The first-order valence-electron chi connectivity index (χ1n) is 4.57. The summed E-state index contributed by atoms with van der Waals surface area (Å²) in [4.78, 5) is 0. The van der Waals surface area contributed by atoms with Gasteiger partial charge in [0.2, 0.25) is 0 Å². The number of hydrogen-bond donors (Lipinski definition) is 0. The maximum absolute atomic E-state index is 13.0. The predicted octanol–water partition coefficient (Wildman–Crippen LogP) is 0.460. The fourth-order valence-electron chi connectivity index (χ4n) is 0.934. The molecular formula is C10H10BF4KO. The summed E-state index contributed by atoms with van der Waals surface area (Å²) in [5, 5.41) is 0. The van der Waals surface area contributed by atoms with E-state index in [9.17, 15) is 17.3 Å². The van der Waals surface area contributed by atoms with E-state index in [1.54, 1.807) is 6.92 Å². The smallest absolute Gasteiger partial charge is 0.492 e. The van der Waals surface area contributed by atoms with E-state index in [0.29, 0.717) is 5.56 Å². The first-order valence-corrected chi connectivity index (χ1v) is 4.57. The predicted molar refractivity (Wildman–Crippen MR) is 54.9 cm³/mol. The fraction of sp³-hybridized carbons (Fsp3) is 0.200. The molecule has 0 N–H and O–H groups in total. The molecule has 0 saturated carbocycles. The van der Waals surface area contributed by atoms with E-state index in [0.717, 1.165) is 6.07 Å². The molecule has 0 unspecified atom stereocenters. The van der Waals surface area contributed by atoms with Crippen molar-refractivity contribution in [3.63, 3.8) is 0 Å². The van der Waals surface area contributed by atoms with Crippen LogP contribution in [-0.2, 0) is 0 Å². The summed E-state index contributed by atoms with van der Waals surface area (Å²) >= 11 is 0. The molecule has 0 fully saturated rings. The third-order valence-corrected chi connectivity index (χ3v) is 2.03. The Hall–Kier alpha value is 0.181. The molecule has 0 bridgehead atoms. The minimum atomic E-state index is -5.10. The minimum absolute atomic E-state index is 0. The van der Waals surface area contributed by atoms with Crippen LogP contribution in [0.5, 0.6) is 5.75 Å². The Labute approximate surface area is 140 Å². The monoisotopic (exact) mass is 272 g/mol. The van der Waals surface area contributed by atoms with Gasteiger partial charge < -0.3 is 17.7 Å². The molecule has 7 heteroatoms. The van der Waals surface area contributed by atoms with Gasteiger partial charge in [-0.1, -0.05) is 6.07 Å². The third-order valence-electron chi connectivity index (χ3n) is 2.03. The number of ether oxygens (including phenoxy) is 1. The second-order valence-corrected chi connectivity index (χ2v) is 3.43. The summed E-state index contributed by atoms with van der Waals surface area (Å²) in [5.41, 5.74) is -0.535. The molecule has 0 aromatic heterocycles. The Morgan fingerprint density at radius 1 is 1.35 bits per heavy atom. The van der Waals surface area contributed by atoms with Gasteiger partial charge in [-0.3, -0.25) is 0 Å². The van der Waals surface area contributed by atoms with Crippen molar-refractivity contribution in [3.8, 4) is 5.75 Å². The molecule has 1 nitrogen and oxygen atoms in total. The van der Waals surface area contributed by atoms with E-state index < -0.39 is 24.9 Å². The quantitative estimate of drug-likeness (QED) is 0.571. The van der Waals surface area contributed by atoms with Crippen molar-refractivity contribution in [3.05, 3.63) is 41.6 Å². The van der Waals surface area contributed by atoms with E-state index in [2.05, 4.69) is 6.58 Å². The summed E-state index contributed by atoms with van der Waals surface area (Å²) in [6.07, 6.45) is 0. The topological polar surface area (TPSA) is 9.23 Å². The summed E-state index contributed by atoms with van der Waals surface area (Å²) < 4.78 is 54.1. The first kappa shape index (κ1) is 17.2. The van der Waals surface area contributed by atoms with E-state index in [1.807, 2.05) is 0 Å². The van der Waals surface area contributed by atoms with Gasteiger partial charge in [0, 0.05) is 6.07 Å². The Morgan fingerprint density at radius 2 is 1.94 bits per heavy atom. The zero-order chi connectivity index (χ0) is 12.3. The molecule has 0 amide bonds. The Bertz CT molecular complexity index is 406. The van der Waals surface area contributed by atoms with Crippen molar-refractivity contribution in [2.24, 2.45) is 0 Å². The van der Waals surface area contributed by atoms with Crippen LogP contribution in [0, 0.1) is 12.7 Å². The first-order chi connectivity index (χ1) is 7.30. The van der Waals surface area contributed by atoms with E-state index in [4.69, 9.17) is 4.74 Å². The van der Waals surface area contributed by atoms with E-state index in [-0.39, 0.29) is 57.1 Å². The van der Waals surface area contributed by atoms with Gasteiger partial charge in [-0.05, 0) is 18.6 Å². The van der Waals surface area contributed by atoms with E-state index in [1.165, 1.54) is 12.1 Å². The fourth-order valence-corrected chi connectivity index (χ4v) is 0.934. The van der Waals surface area contributed by atoms with Gasteiger partial charge in [-0.15, -0.1) is 12.1 Å². The summed E-state index contributed by atoms with van der Waals surface area (Å²) in [6, 6.07) is 3.90. The largest absolute Gasteiger partial charge is 1.00 e. The molecule has 0 heterocycles. The molecule has 1 aromatic rings. The maximum atomic E-state index is 13.0. The van der Waals surface area contributed by atoms with Gasteiger partial charge in [-0.2, -0.15) is 0 Å². The van der Waals surface area contributed by atoms with Crippen molar-refractivity contribution >= 4 is 6.98 Å². The van der Waals surface area contributed by atoms with Gasteiger partial charge in [0.1, 0.15) is 11.6 Å². The van der Waals surface area contributed by atoms with Crippen molar-refractivity contribution in [1.82, 2.24) is 0 Å². The van der Waals surface area contributed by atoms with E-state index >= 15 is 0 Å². The van der Waals surface area contributed by atoms with Crippen LogP contribution in [0.1, 0.15) is 5.56 Å². The molecule has 0 radical (unpaired) electrons. The van der Waals surface area contributed by atoms with Gasteiger partial charge in [0.25, 0.3) is 0 Å². The molecule has 0 aliphatic rings. The number of aryl methyl sites for hydroxylation is 1. The molecule has 0 aliphatic carbocycles. The van der Waals surface area contributed by atoms with Gasteiger partial charge in [0.05, 0.1) is 6.61 Å². The second kappa shape index (κ2) is 6.94. The van der Waals surface area contributed by atoms with Crippen LogP contribution < -0.4 is 56.1 Å². The number of halogens is 4. The molecule has 0 spiro atoms. The normalized spacial score (nSPS) is 10.6. The van der Waals surface area contributed by atoms with Crippen LogP contribution in [0.25, 0.3) is 0 Å². The molecule has 0 atom stereocenters. The Balaban J connectivity index is 0.00000256. The standard InChI is InChI=1S/C10H10BF4O.K/c1-7-3-4-9(5-10(7)12)16-6-8(2)11(13,14)15;/h3-5H,2,6H2,1H3;/q-1;+1. The van der Waals surface area contributed by atoms with Crippen LogP contribution in [0.3, 0.4) is 0 Å². The molecule has 17 heavy (non-hydrogen) atoms. The summed E-state index contributed by atoms with van der Waals surface area (Å²) in [6.45, 7) is -1.36. The molecule has 1 rings (SSSR count). The van der Waals surface area contributed by atoms with Crippen LogP contribution in [0.2, 0.25) is 0 Å². The zero-order valence-corrected chi connectivity index (χ0v) is 12.8. The van der Waals surface area contributed by atoms with Gasteiger partial charge >= 0.3 is 58.4 Å². The van der Waals surface area contributed by atoms with Crippen LogP contribution in [-0.4, -0.2) is 13.6 Å². The van der Waals surface area contributed by atoms with Crippen LogP contribution in [0.15, 0.2) is 30.3 Å². The average Bonchev–Trinajstić information content (AvgIpc) is 2.18. The molecule has 88 valence electrons. The van der Waals surface area contributed by atoms with Crippen LogP contribution >= 0.6 is 0 Å². The van der Waals surface area contributed by atoms with Crippen molar-refractivity contribution < 1.29 is 73.5 Å². The maximum Gasteiger partial charge on any atom is 1.00 e. The molecule has 1 aromatic carbocycles. The SMILES string of the molecule is C=C(COc1ccc(C)c(F)c1)[B-](F)(F)F.[K+]. The second-order valence-electron chi connectivity index (χ2n) is 3.43. The number of rotatable bonds is 4. The van der Waals surface area contributed by atoms with Gasteiger partial charge in [0.15, 0.2) is 0 Å². The number of benzene rings is 1. The zero-order valence-electron chi connectivity index (χ0n) is 9.64. The molecule has 0 saturated heterocycles. The molecule has 0 aliphatic heterocycles. The van der Waals surface area contributed by atoms with Gasteiger partial charge in [-0.25, -0.2) is 4.39 Å². The number of hydrogen-bond acceptors (Lipinski definition) is 1. The van der Waals surface area contributed by atoms with Crippen LogP contribution in [0.4, 0.5) is 17.3 Å². The van der Waals surface area contributed by atoms with Crippen molar-refractivity contribution in [2.45, 2.75) is 6.92 Å². The van der Waals surface area contributed by atoms with Crippen molar-refractivity contribution in [2.75, 3.05) is 6.61 Å². The van der Waals surface area contributed by atoms with Crippen molar-refractivity contribution in [1.29, 1.82) is 0 Å². The third kappa shape index (κ3) is 5.57. The average molecular weight is 272 g/mol. The minimum Gasteiger partial charge on any atom is -0.492 e. The molecular weight excluding hydrogens is 262 g/mol. The summed E-state index contributed by atoms with van der Waals surface area (Å²) in [5.74, 6) is -0.454. The summed E-state index contributed by atoms with van der Waals surface area (Å²) in [7, 11) is 0. The Kier molecular flexibility index (Phi) is 7.01.